The minimum atomic E-state index is -0.636. The first-order valence-electron chi connectivity index (χ1n) is 28.5. The summed E-state index contributed by atoms with van der Waals surface area (Å²) in [6.45, 7) is 0. The smallest absolute Gasteiger partial charge is 0.101 e. The van der Waals surface area contributed by atoms with Crippen molar-refractivity contribution in [1.29, 1.82) is 0 Å². The topological polar surface area (TPSA) is 20.5 Å². The molecule has 0 amide bonds. The van der Waals surface area contributed by atoms with Crippen LogP contribution < -0.4 is 4.90 Å². The van der Waals surface area contributed by atoms with E-state index in [0.717, 1.165) is 67.0 Å². The number of rotatable bonds is 8. The first-order chi connectivity index (χ1) is 40.7. The predicted molar refractivity (Wildman–Crippen MR) is 337 cm³/mol. The van der Waals surface area contributed by atoms with Gasteiger partial charge in [-0.15, -0.1) is 0 Å². The molecule has 3 heteroatoms. The molecule has 2 heterocycles. The average Bonchev–Trinajstić information content (AvgIpc) is 1.90. The second-order valence-corrected chi connectivity index (χ2v) is 22.0. The van der Waals surface area contributed by atoms with Crippen LogP contribution in [0.25, 0.3) is 83.3 Å². The highest BCUT2D eigenvalue weighted by Crippen LogP contribution is 2.65. The van der Waals surface area contributed by atoms with Gasteiger partial charge in [0.1, 0.15) is 5.69 Å². The van der Waals surface area contributed by atoms with Crippen LogP contribution in [0.4, 0.5) is 17.1 Å². The lowest BCUT2D eigenvalue weighted by molar-refractivity contribution is 0.768. The van der Waals surface area contributed by atoms with E-state index >= 15 is 0 Å². The lowest BCUT2D eigenvalue weighted by atomic mass is 9.68. The number of hydrogen-bond donors (Lipinski definition) is 0. The van der Waals surface area contributed by atoms with Crippen LogP contribution in [-0.4, -0.2) is 9.61 Å². The molecule has 0 bridgehead atoms. The Balaban J connectivity index is 1.06. The number of hydrogen-bond acceptors (Lipinski definition) is 2. The Morgan fingerprint density at radius 3 is 1.32 bits per heavy atom. The quantitative estimate of drug-likeness (QED) is 0.151. The Labute approximate surface area is 477 Å². The van der Waals surface area contributed by atoms with E-state index in [1.165, 1.54) is 77.9 Å². The van der Waals surface area contributed by atoms with E-state index in [0.29, 0.717) is 0 Å². The van der Waals surface area contributed by atoms with Gasteiger partial charge in [0, 0.05) is 38.7 Å². The van der Waals surface area contributed by atoms with Gasteiger partial charge in [-0.3, -0.25) is 0 Å². The zero-order chi connectivity index (χ0) is 53.9. The molecule has 14 aromatic rings. The van der Waals surface area contributed by atoms with Crippen LogP contribution in [0.15, 0.2) is 309 Å². The third-order valence-electron chi connectivity index (χ3n) is 18.1. The molecule has 3 aliphatic carbocycles. The Kier molecular flexibility index (Phi) is 10.1. The molecule has 0 saturated heterocycles. The molecule has 12 aromatic carbocycles. The second-order valence-electron chi connectivity index (χ2n) is 22.0. The minimum Gasteiger partial charge on any atom is -0.307 e. The molecule has 382 valence electrons. The monoisotopic (exact) mass is 1040 g/mol. The number of fused-ring (bicyclic) bond motifs is 16. The molecule has 1 spiro atoms. The molecule has 2 aromatic heterocycles. The van der Waals surface area contributed by atoms with E-state index in [9.17, 15) is 0 Å². The maximum Gasteiger partial charge on any atom is 0.101 e. The lowest BCUT2D eigenvalue weighted by Gasteiger charge is -2.35. The SMILES string of the molecule is c1ccc(-c2nn3c(-c4ccccc4)c(N(c4ccc5c(c4)C4(c6ccccc6-c6ccccc64)c4ccccc4-5)c4cccc5c4-c4ccccc4C5(c4ccccc4)c4ccccc4)c4ccccc4c3c2-c2ccccc2)cc1. The molecule has 0 N–H and O–H groups in total. The summed E-state index contributed by atoms with van der Waals surface area (Å²) < 4.78 is 2.29. The minimum absolute atomic E-state index is 0.576. The van der Waals surface area contributed by atoms with Crippen molar-refractivity contribution in [3.05, 3.63) is 354 Å². The van der Waals surface area contributed by atoms with Crippen molar-refractivity contribution in [1.82, 2.24) is 9.61 Å². The highest BCUT2D eigenvalue weighted by Gasteiger charge is 2.52. The van der Waals surface area contributed by atoms with E-state index in [4.69, 9.17) is 5.10 Å². The Morgan fingerprint density at radius 2 is 0.744 bits per heavy atom. The first-order valence-corrected chi connectivity index (χ1v) is 28.5. The molecule has 0 fully saturated rings. The van der Waals surface area contributed by atoms with Crippen molar-refractivity contribution in [3.63, 3.8) is 0 Å². The normalized spacial score (nSPS) is 13.6. The van der Waals surface area contributed by atoms with Crippen molar-refractivity contribution < 1.29 is 0 Å². The van der Waals surface area contributed by atoms with Gasteiger partial charge < -0.3 is 4.90 Å². The van der Waals surface area contributed by atoms with Crippen molar-refractivity contribution in [2.45, 2.75) is 10.8 Å². The fraction of sp³-hybridized carbons (Fsp3) is 0.0253. The summed E-state index contributed by atoms with van der Waals surface area (Å²) in [5.74, 6) is 0. The van der Waals surface area contributed by atoms with Gasteiger partial charge in [-0.25, -0.2) is 4.52 Å². The summed E-state index contributed by atoms with van der Waals surface area (Å²) in [6, 6.07) is 115. The van der Waals surface area contributed by atoms with Gasteiger partial charge in [0.2, 0.25) is 0 Å². The fourth-order valence-corrected chi connectivity index (χ4v) is 15.0. The molecule has 3 nitrogen and oxygen atoms in total. The lowest BCUT2D eigenvalue weighted by Crippen LogP contribution is -2.28. The van der Waals surface area contributed by atoms with Crippen LogP contribution in [-0.2, 0) is 10.8 Å². The number of nitrogens with zero attached hydrogens (tertiary/aromatic N) is 3. The van der Waals surface area contributed by atoms with Gasteiger partial charge in [-0.1, -0.05) is 291 Å². The van der Waals surface area contributed by atoms with Crippen LogP contribution in [0.3, 0.4) is 0 Å². The first kappa shape index (κ1) is 46.3. The predicted octanol–water partition coefficient (Wildman–Crippen LogP) is 19.7. The summed E-state index contributed by atoms with van der Waals surface area (Å²) in [7, 11) is 0. The summed E-state index contributed by atoms with van der Waals surface area (Å²) in [4.78, 5) is 2.63. The van der Waals surface area contributed by atoms with Crippen LogP contribution in [0.2, 0.25) is 0 Å². The van der Waals surface area contributed by atoms with Crippen LogP contribution in [0, 0.1) is 0 Å². The summed E-state index contributed by atoms with van der Waals surface area (Å²) in [5.41, 5.74) is 26.9. The molecular formula is C79H51N3. The van der Waals surface area contributed by atoms with Crippen molar-refractivity contribution in [3.8, 4) is 67.0 Å². The molecule has 3 aliphatic rings. The Morgan fingerprint density at radius 1 is 0.305 bits per heavy atom. The number of benzene rings is 12. The number of anilines is 3. The highest BCUT2D eigenvalue weighted by molar-refractivity contribution is 6.17. The van der Waals surface area contributed by atoms with E-state index < -0.39 is 10.8 Å². The van der Waals surface area contributed by atoms with Gasteiger partial charge in [-0.05, 0) is 96.1 Å². The van der Waals surface area contributed by atoms with Gasteiger partial charge >= 0.3 is 0 Å². The van der Waals surface area contributed by atoms with Crippen LogP contribution >= 0.6 is 0 Å². The van der Waals surface area contributed by atoms with Gasteiger partial charge in [-0.2, -0.15) is 5.10 Å². The Hall–Kier alpha value is -10.6. The van der Waals surface area contributed by atoms with Crippen LogP contribution in [0.5, 0.6) is 0 Å². The van der Waals surface area contributed by atoms with Crippen molar-refractivity contribution >= 4 is 33.4 Å². The summed E-state index contributed by atoms with van der Waals surface area (Å²) in [5, 5.41) is 8.13. The van der Waals surface area contributed by atoms with Crippen molar-refractivity contribution in [2.75, 3.05) is 4.90 Å². The third-order valence-corrected chi connectivity index (χ3v) is 18.1. The largest absolute Gasteiger partial charge is 0.307 e. The zero-order valence-electron chi connectivity index (χ0n) is 44.8. The van der Waals surface area contributed by atoms with E-state index in [1.54, 1.807) is 0 Å². The standard InChI is InChI=1S/C79H51N3/c1-6-27-52(28-7-1)72-74(53-29-8-2-9-30-53)80-82-75(54-31-10-3-11-32-54)77(63-41-17-16-40-62(63)76(72)82)81(71-48-26-47-69-73(71)64-42-21-25-46-68(64)78(69,55-33-12-4-13-34-55)56-35-14-5-15-36-56)57-49-50-61-60-39-20-24-45-67(60)79(70(61)51-57)65-43-22-18-37-58(65)59-38-19-23-44-66(59)79/h1-51H. The number of aromatic nitrogens is 2. The number of pyridine rings is 1. The van der Waals surface area contributed by atoms with Gasteiger partial charge in [0.15, 0.2) is 0 Å². The van der Waals surface area contributed by atoms with E-state index in [1.807, 2.05) is 0 Å². The molecule has 0 unspecified atom stereocenters. The highest BCUT2D eigenvalue weighted by atomic mass is 15.3. The fourth-order valence-electron chi connectivity index (χ4n) is 15.0. The summed E-state index contributed by atoms with van der Waals surface area (Å²) >= 11 is 0. The maximum absolute atomic E-state index is 5.91. The molecular weight excluding hydrogens is 991 g/mol. The summed E-state index contributed by atoms with van der Waals surface area (Å²) in [6.07, 6.45) is 0. The van der Waals surface area contributed by atoms with Gasteiger partial charge in [0.25, 0.3) is 0 Å². The van der Waals surface area contributed by atoms with Gasteiger partial charge in [0.05, 0.1) is 33.4 Å². The Bertz CT molecular complexity index is 4750. The van der Waals surface area contributed by atoms with E-state index in [2.05, 4.69) is 319 Å². The molecule has 0 aliphatic heterocycles. The molecule has 0 saturated carbocycles. The third kappa shape index (κ3) is 6.28. The molecule has 82 heavy (non-hydrogen) atoms. The van der Waals surface area contributed by atoms with E-state index in [-0.39, 0.29) is 0 Å². The zero-order valence-corrected chi connectivity index (χ0v) is 44.8. The molecule has 0 atom stereocenters. The molecule has 0 radical (unpaired) electrons. The second kappa shape index (κ2) is 18.0. The maximum atomic E-state index is 5.91. The van der Waals surface area contributed by atoms with Crippen molar-refractivity contribution in [2.24, 2.45) is 0 Å². The molecule has 17 rings (SSSR count). The average molecular weight is 1040 g/mol. The van der Waals surface area contributed by atoms with Crippen LogP contribution in [0.1, 0.15) is 44.5 Å².